The number of hydrogen-bond acceptors (Lipinski definition) is 4. The quantitative estimate of drug-likeness (QED) is 0.772. The third-order valence-electron chi connectivity index (χ3n) is 2.97. The van der Waals surface area contributed by atoms with Crippen molar-refractivity contribution < 1.29 is 4.79 Å². The van der Waals surface area contributed by atoms with Gasteiger partial charge in [-0.1, -0.05) is 17.7 Å². The zero-order chi connectivity index (χ0) is 14.7. The lowest BCUT2D eigenvalue weighted by Gasteiger charge is -2.16. The van der Waals surface area contributed by atoms with Crippen LogP contribution in [0.15, 0.2) is 48.1 Å². The molecule has 0 saturated carbocycles. The van der Waals surface area contributed by atoms with Gasteiger partial charge in [0.25, 0.3) is 5.91 Å². The molecule has 7 heteroatoms. The van der Waals surface area contributed by atoms with Gasteiger partial charge >= 0.3 is 0 Å². The first kappa shape index (κ1) is 14.3. The smallest absolute Gasteiger partial charge is 0.261 e. The molecule has 21 heavy (non-hydrogen) atoms. The largest absolute Gasteiger partial charge is 0.349 e. The Kier molecular flexibility index (Phi) is 4.38. The Hall–Kier alpha value is -1.63. The fourth-order valence-electron chi connectivity index (χ4n) is 1.98. The second kappa shape index (κ2) is 6.43. The zero-order valence-electron chi connectivity index (χ0n) is 10.9. The van der Waals surface area contributed by atoms with Crippen molar-refractivity contribution in [2.24, 2.45) is 0 Å². The van der Waals surface area contributed by atoms with Gasteiger partial charge in [0.2, 0.25) is 0 Å². The molecule has 4 nitrogen and oxygen atoms in total. The van der Waals surface area contributed by atoms with E-state index < -0.39 is 0 Å². The molecule has 0 radical (unpaired) electrons. The minimum atomic E-state index is -0.111. The van der Waals surface area contributed by atoms with Crippen LogP contribution in [0, 0.1) is 0 Å². The van der Waals surface area contributed by atoms with E-state index in [4.69, 9.17) is 11.6 Å². The number of rotatable bonds is 5. The monoisotopic (exact) mass is 337 g/mol. The van der Waals surface area contributed by atoms with Crippen molar-refractivity contribution in [1.29, 1.82) is 0 Å². The van der Waals surface area contributed by atoms with Crippen molar-refractivity contribution in [3.8, 4) is 0 Å². The molecular formula is C14H12ClN3OS2. The Morgan fingerprint density at radius 2 is 2.29 bits per heavy atom. The van der Waals surface area contributed by atoms with Crippen LogP contribution in [-0.2, 0) is 0 Å². The van der Waals surface area contributed by atoms with Crippen LogP contribution in [0.3, 0.4) is 0 Å². The first-order valence-electron chi connectivity index (χ1n) is 6.30. The number of thiophene rings is 2. The summed E-state index contributed by atoms with van der Waals surface area (Å²) in [4.78, 5) is 13.9. The van der Waals surface area contributed by atoms with E-state index in [1.807, 2.05) is 34.5 Å². The second-order valence-corrected chi connectivity index (χ2v) is 7.03. The summed E-state index contributed by atoms with van der Waals surface area (Å²) in [6.07, 6.45) is 3.64. The predicted octanol–water partition coefficient (Wildman–Crippen LogP) is 3.68. The lowest BCUT2D eigenvalue weighted by atomic mass is 10.2. The number of carbonyl (C=O) groups is 1. The van der Waals surface area contributed by atoms with Crippen LogP contribution >= 0.6 is 34.3 Å². The fourth-order valence-corrected chi connectivity index (χ4v) is 3.76. The van der Waals surface area contributed by atoms with Crippen molar-refractivity contribution in [1.82, 2.24) is 15.1 Å². The highest BCUT2D eigenvalue weighted by Gasteiger charge is 2.17. The summed E-state index contributed by atoms with van der Waals surface area (Å²) in [6.45, 7) is 0.483. The summed E-state index contributed by atoms with van der Waals surface area (Å²) < 4.78 is 2.47. The summed E-state index contributed by atoms with van der Waals surface area (Å²) in [6, 6.07) is 9.38. The van der Waals surface area contributed by atoms with Crippen LogP contribution in [0.1, 0.15) is 20.6 Å². The van der Waals surface area contributed by atoms with Gasteiger partial charge in [0.05, 0.1) is 9.21 Å². The highest BCUT2D eigenvalue weighted by Crippen LogP contribution is 2.23. The molecule has 1 atom stereocenters. The van der Waals surface area contributed by atoms with E-state index in [0.717, 1.165) is 4.88 Å². The molecule has 3 rings (SSSR count). The minimum absolute atomic E-state index is 0.000570. The van der Waals surface area contributed by atoms with Crippen molar-refractivity contribution in [3.63, 3.8) is 0 Å². The molecule has 1 N–H and O–H groups in total. The number of nitrogens with zero attached hydrogens (tertiary/aromatic N) is 2. The van der Waals surface area contributed by atoms with Gasteiger partial charge in [-0.25, -0.2) is 0 Å². The van der Waals surface area contributed by atoms with Gasteiger partial charge < -0.3 is 5.32 Å². The van der Waals surface area contributed by atoms with Crippen LogP contribution in [0.4, 0.5) is 0 Å². The topological polar surface area (TPSA) is 46.9 Å². The SMILES string of the molecule is O=C(NCC(c1cccs1)n1cccn1)c1ccc(Cl)s1. The summed E-state index contributed by atoms with van der Waals surface area (Å²) in [5, 5.41) is 9.25. The summed E-state index contributed by atoms with van der Waals surface area (Å²) >= 11 is 8.78. The van der Waals surface area contributed by atoms with E-state index in [2.05, 4.69) is 10.4 Å². The summed E-state index contributed by atoms with van der Waals surface area (Å²) in [7, 11) is 0. The molecule has 0 aliphatic rings. The number of nitrogens with one attached hydrogen (secondary N) is 1. The van der Waals surface area contributed by atoms with Crippen molar-refractivity contribution in [2.75, 3.05) is 6.54 Å². The highest BCUT2D eigenvalue weighted by molar-refractivity contribution is 7.18. The van der Waals surface area contributed by atoms with Gasteiger partial charge in [-0.15, -0.1) is 22.7 Å². The van der Waals surface area contributed by atoms with Gasteiger partial charge in [-0.05, 0) is 29.6 Å². The molecule has 0 bridgehead atoms. The normalized spacial score (nSPS) is 12.2. The first-order valence-corrected chi connectivity index (χ1v) is 8.37. The number of amides is 1. The first-order chi connectivity index (χ1) is 10.2. The van der Waals surface area contributed by atoms with Crippen molar-refractivity contribution in [3.05, 3.63) is 62.2 Å². The summed E-state index contributed by atoms with van der Waals surface area (Å²) in [5.74, 6) is -0.111. The maximum absolute atomic E-state index is 12.1. The van der Waals surface area contributed by atoms with Crippen LogP contribution in [-0.4, -0.2) is 22.2 Å². The molecule has 0 spiro atoms. The Bertz CT molecular complexity index is 672. The molecule has 0 saturated heterocycles. The molecule has 3 aromatic heterocycles. The molecule has 1 unspecified atom stereocenters. The summed E-state index contributed by atoms with van der Waals surface area (Å²) in [5.41, 5.74) is 0. The molecule has 0 aromatic carbocycles. The van der Waals surface area contributed by atoms with Crippen molar-refractivity contribution >= 4 is 40.2 Å². The van der Waals surface area contributed by atoms with Crippen LogP contribution in [0.5, 0.6) is 0 Å². The molecule has 3 heterocycles. The second-order valence-electron chi connectivity index (χ2n) is 4.33. The van der Waals surface area contributed by atoms with Crippen LogP contribution in [0.25, 0.3) is 0 Å². The van der Waals surface area contributed by atoms with Gasteiger partial charge in [-0.2, -0.15) is 5.10 Å². The average molecular weight is 338 g/mol. The molecule has 108 valence electrons. The maximum Gasteiger partial charge on any atom is 0.261 e. The van der Waals surface area contributed by atoms with Gasteiger partial charge in [0.15, 0.2) is 0 Å². The van der Waals surface area contributed by atoms with E-state index in [9.17, 15) is 4.79 Å². The number of carbonyl (C=O) groups excluding carboxylic acids is 1. The third-order valence-corrected chi connectivity index (χ3v) is 5.17. The van der Waals surface area contributed by atoms with E-state index >= 15 is 0 Å². The molecule has 1 amide bonds. The standard InChI is InChI=1S/C14H12ClN3OS2/c15-13-5-4-12(21-13)14(19)16-9-10(11-3-1-8-20-11)18-7-2-6-17-18/h1-8,10H,9H2,(H,16,19). The third kappa shape index (κ3) is 3.34. The Labute approximate surface area is 135 Å². The molecular weight excluding hydrogens is 326 g/mol. The van der Waals surface area contributed by atoms with Crippen LogP contribution < -0.4 is 5.32 Å². The number of hydrogen-bond donors (Lipinski definition) is 1. The van der Waals surface area contributed by atoms with Crippen LogP contribution in [0.2, 0.25) is 4.34 Å². The zero-order valence-corrected chi connectivity index (χ0v) is 13.3. The molecule has 0 aliphatic carbocycles. The molecule has 0 aliphatic heterocycles. The Morgan fingerprint density at radius 1 is 1.38 bits per heavy atom. The average Bonchev–Trinajstić information content (AvgIpc) is 3.21. The molecule has 0 fully saturated rings. The lowest BCUT2D eigenvalue weighted by Crippen LogP contribution is -2.30. The Morgan fingerprint density at radius 3 is 2.90 bits per heavy atom. The number of halogens is 1. The van der Waals surface area contributed by atoms with E-state index in [0.29, 0.717) is 15.8 Å². The van der Waals surface area contributed by atoms with E-state index in [-0.39, 0.29) is 11.9 Å². The highest BCUT2D eigenvalue weighted by atomic mass is 35.5. The Balaban J connectivity index is 1.72. The van der Waals surface area contributed by atoms with Gasteiger partial charge in [0, 0.05) is 23.8 Å². The fraction of sp³-hybridized carbons (Fsp3) is 0.143. The predicted molar refractivity (Wildman–Crippen MR) is 86.3 cm³/mol. The van der Waals surface area contributed by atoms with Gasteiger partial charge in [0.1, 0.15) is 6.04 Å². The number of aromatic nitrogens is 2. The lowest BCUT2D eigenvalue weighted by molar-refractivity contribution is 0.0953. The van der Waals surface area contributed by atoms with E-state index in [1.165, 1.54) is 11.3 Å². The van der Waals surface area contributed by atoms with Gasteiger partial charge in [-0.3, -0.25) is 9.48 Å². The van der Waals surface area contributed by atoms with Crippen molar-refractivity contribution in [2.45, 2.75) is 6.04 Å². The van der Waals surface area contributed by atoms with E-state index in [1.54, 1.807) is 29.7 Å². The maximum atomic E-state index is 12.1. The molecule has 3 aromatic rings. The minimum Gasteiger partial charge on any atom is -0.349 e.